The van der Waals surface area contributed by atoms with Gasteiger partial charge in [0.25, 0.3) is 5.91 Å². The van der Waals surface area contributed by atoms with E-state index >= 15 is 0 Å². The number of nitrogens with two attached hydrogens (primary N) is 1. The Balaban J connectivity index is 2.75. The molecule has 0 aromatic carbocycles. The normalized spacial score (nSPS) is 22.0. The minimum atomic E-state index is -0.500. The van der Waals surface area contributed by atoms with E-state index in [9.17, 15) is 4.79 Å². The summed E-state index contributed by atoms with van der Waals surface area (Å²) in [6.45, 7) is 0. The van der Waals surface area contributed by atoms with Crippen LogP contribution < -0.4 is 16.4 Å². The molecule has 0 saturated heterocycles. The summed E-state index contributed by atoms with van der Waals surface area (Å²) >= 11 is 0. The van der Waals surface area contributed by atoms with E-state index < -0.39 is 6.17 Å². The molecule has 1 aliphatic rings. The maximum atomic E-state index is 11.0. The van der Waals surface area contributed by atoms with Crippen LogP contribution in [-0.4, -0.2) is 24.8 Å². The lowest BCUT2D eigenvalue weighted by Gasteiger charge is -2.15. The van der Waals surface area contributed by atoms with Gasteiger partial charge in [0.2, 0.25) is 0 Å². The third kappa shape index (κ3) is 1.56. The van der Waals surface area contributed by atoms with Crippen molar-refractivity contribution in [2.75, 3.05) is 7.05 Å². The second kappa shape index (κ2) is 3.16. The zero-order valence-corrected chi connectivity index (χ0v) is 6.16. The standard InChI is InChI=1S/C6H10N4O/c1-8-6(11)4-5(7)10-3-2-9-4/h2-3,5,10H,7H2,1H3,(H,8,11). The maximum Gasteiger partial charge on any atom is 0.268 e. The Morgan fingerprint density at radius 3 is 3.18 bits per heavy atom. The van der Waals surface area contributed by atoms with Crippen LogP contribution in [0.1, 0.15) is 0 Å². The lowest BCUT2D eigenvalue weighted by atomic mass is 10.2. The molecule has 0 radical (unpaired) electrons. The summed E-state index contributed by atoms with van der Waals surface area (Å²) in [4.78, 5) is 14.8. The van der Waals surface area contributed by atoms with Crippen LogP contribution >= 0.6 is 0 Å². The van der Waals surface area contributed by atoms with Crippen LogP contribution in [0.4, 0.5) is 0 Å². The summed E-state index contributed by atoms with van der Waals surface area (Å²) in [5.41, 5.74) is 5.80. The lowest BCUT2D eigenvalue weighted by Crippen LogP contribution is -2.49. The molecule has 1 amide bonds. The van der Waals surface area contributed by atoms with Crippen molar-refractivity contribution in [3.63, 3.8) is 0 Å². The van der Waals surface area contributed by atoms with Gasteiger partial charge in [0.15, 0.2) is 0 Å². The third-order valence-electron chi connectivity index (χ3n) is 1.32. The van der Waals surface area contributed by atoms with Crippen molar-refractivity contribution in [3.8, 4) is 0 Å². The molecule has 1 aliphatic heterocycles. The van der Waals surface area contributed by atoms with Gasteiger partial charge in [-0.15, -0.1) is 0 Å². The summed E-state index contributed by atoms with van der Waals surface area (Å²) in [6, 6.07) is 0. The van der Waals surface area contributed by atoms with E-state index in [1.54, 1.807) is 6.20 Å². The smallest absolute Gasteiger partial charge is 0.268 e. The Morgan fingerprint density at radius 1 is 1.91 bits per heavy atom. The van der Waals surface area contributed by atoms with Crippen molar-refractivity contribution in [3.05, 3.63) is 12.4 Å². The molecule has 0 fully saturated rings. The molecule has 0 aliphatic carbocycles. The molecule has 1 heterocycles. The van der Waals surface area contributed by atoms with Gasteiger partial charge in [-0.3, -0.25) is 9.79 Å². The molecule has 5 nitrogen and oxygen atoms in total. The molecular weight excluding hydrogens is 144 g/mol. The fourth-order valence-electron chi connectivity index (χ4n) is 0.751. The zero-order chi connectivity index (χ0) is 8.27. The van der Waals surface area contributed by atoms with Crippen LogP contribution in [-0.2, 0) is 4.79 Å². The summed E-state index contributed by atoms with van der Waals surface area (Å²) in [6.07, 6.45) is 2.59. The topological polar surface area (TPSA) is 79.5 Å². The molecule has 11 heavy (non-hydrogen) atoms. The van der Waals surface area contributed by atoms with Crippen LogP contribution in [0.5, 0.6) is 0 Å². The van der Waals surface area contributed by atoms with Crippen LogP contribution in [0.25, 0.3) is 0 Å². The quantitative estimate of drug-likeness (QED) is 0.431. The zero-order valence-electron chi connectivity index (χ0n) is 6.16. The van der Waals surface area contributed by atoms with E-state index in [2.05, 4.69) is 15.6 Å². The summed E-state index contributed by atoms with van der Waals surface area (Å²) in [7, 11) is 1.54. The number of nitrogens with zero attached hydrogens (tertiary/aromatic N) is 1. The van der Waals surface area contributed by atoms with E-state index in [0.717, 1.165) is 0 Å². The van der Waals surface area contributed by atoms with Gasteiger partial charge in [0.1, 0.15) is 11.9 Å². The number of amides is 1. The van der Waals surface area contributed by atoms with Crippen molar-refractivity contribution >= 4 is 11.6 Å². The van der Waals surface area contributed by atoms with Gasteiger partial charge in [0.05, 0.1) is 0 Å². The molecule has 1 atom stereocenters. The molecule has 0 aromatic heterocycles. The summed E-state index contributed by atoms with van der Waals surface area (Å²) < 4.78 is 0. The highest BCUT2D eigenvalue weighted by atomic mass is 16.1. The number of aliphatic imine (C=N–C) groups is 1. The molecule has 0 spiro atoms. The van der Waals surface area contributed by atoms with Gasteiger partial charge in [-0.2, -0.15) is 0 Å². The molecular formula is C6H10N4O. The van der Waals surface area contributed by atoms with Crippen molar-refractivity contribution in [1.29, 1.82) is 0 Å². The minimum Gasteiger partial charge on any atom is -0.369 e. The van der Waals surface area contributed by atoms with Crippen molar-refractivity contribution in [2.24, 2.45) is 10.7 Å². The largest absolute Gasteiger partial charge is 0.369 e. The lowest BCUT2D eigenvalue weighted by molar-refractivity contribution is -0.114. The number of carbonyl (C=O) groups is 1. The second-order valence-corrected chi connectivity index (χ2v) is 2.05. The predicted octanol–water partition coefficient (Wildman–Crippen LogP) is -1.47. The predicted molar refractivity (Wildman–Crippen MR) is 41.8 cm³/mol. The van der Waals surface area contributed by atoms with E-state index in [4.69, 9.17) is 5.73 Å². The third-order valence-corrected chi connectivity index (χ3v) is 1.32. The highest BCUT2D eigenvalue weighted by Crippen LogP contribution is 1.91. The molecule has 0 bridgehead atoms. The monoisotopic (exact) mass is 154 g/mol. The SMILES string of the molecule is CNC(=O)C1=NC=CNC1N. The van der Waals surface area contributed by atoms with E-state index in [0.29, 0.717) is 5.71 Å². The molecule has 0 saturated carbocycles. The second-order valence-electron chi connectivity index (χ2n) is 2.05. The van der Waals surface area contributed by atoms with Crippen LogP contribution in [0, 0.1) is 0 Å². The molecule has 1 rings (SSSR count). The first-order valence-corrected chi connectivity index (χ1v) is 3.22. The van der Waals surface area contributed by atoms with Gasteiger partial charge < -0.3 is 16.4 Å². The van der Waals surface area contributed by atoms with Gasteiger partial charge in [-0.25, -0.2) is 0 Å². The Bertz CT molecular complexity index is 221. The molecule has 5 heteroatoms. The fraction of sp³-hybridized carbons (Fsp3) is 0.333. The van der Waals surface area contributed by atoms with E-state index in [-0.39, 0.29) is 5.91 Å². The Labute approximate surface area is 64.4 Å². The van der Waals surface area contributed by atoms with Gasteiger partial charge in [-0.05, 0) is 0 Å². The van der Waals surface area contributed by atoms with Crippen molar-refractivity contribution in [2.45, 2.75) is 6.17 Å². The van der Waals surface area contributed by atoms with E-state index in [1.807, 2.05) is 0 Å². The van der Waals surface area contributed by atoms with Crippen molar-refractivity contribution < 1.29 is 4.79 Å². The average Bonchev–Trinajstić information content (AvgIpc) is 2.04. The molecule has 60 valence electrons. The van der Waals surface area contributed by atoms with Crippen LogP contribution in [0.15, 0.2) is 17.4 Å². The Morgan fingerprint density at radius 2 is 2.64 bits per heavy atom. The number of nitrogens with one attached hydrogen (secondary N) is 2. The van der Waals surface area contributed by atoms with E-state index in [1.165, 1.54) is 13.2 Å². The minimum absolute atomic E-state index is 0.255. The molecule has 0 aromatic rings. The average molecular weight is 154 g/mol. The van der Waals surface area contributed by atoms with Gasteiger partial charge >= 0.3 is 0 Å². The number of hydrogen-bond acceptors (Lipinski definition) is 4. The number of rotatable bonds is 1. The summed E-state index contributed by atoms with van der Waals surface area (Å²) in [5.74, 6) is -0.255. The molecule has 4 N–H and O–H groups in total. The highest BCUT2D eigenvalue weighted by molar-refractivity contribution is 6.40. The number of hydrogen-bond donors (Lipinski definition) is 3. The van der Waals surface area contributed by atoms with Crippen LogP contribution in [0.3, 0.4) is 0 Å². The summed E-state index contributed by atoms with van der Waals surface area (Å²) in [5, 5.41) is 5.19. The van der Waals surface area contributed by atoms with Gasteiger partial charge in [0, 0.05) is 19.4 Å². The highest BCUT2D eigenvalue weighted by Gasteiger charge is 2.17. The first kappa shape index (κ1) is 7.74. The Kier molecular flexibility index (Phi) is 2.22. The first-order valence-electron chi connectivity index (χ1n) is 3.22. The first-order chi connectivity index (χ1) is 5.25. The van der Waals surface area contributed by atoms with Crippen molar-refractivity contribution in [1.82, 2.24) is 10.6 Å². The molecule has 1 unspecified atom stereocenters. The maximum absolute atomic E-state index is 11.0. The van der Waals surface area contributed by atoms with Gasteiger partial charge in [-0.1, -0.05) is 0 Å². The number of carbonyl (C=O) groups excluding carboxylic acids is 1. The van der Waals surface area contributed by atoms with Crippen LogP contribution in [0.2, 0.25) is 0 Å². The fourth-order valence-corrected chi connectivity index (χ4v) is 0.751. The Hall–Kier alpha value is -1.36.